The molecule has 3 nitrogen and oxygen atoms in total. The molecule has 1 fully saturated rings. The minimum Gasteiger partial charge on any atom is -0.398 e. The number of nitrogens with zero attached hydrogens (tertiary/aromatic N) is 1. The van der Waals surface area contributed by atoms with Gasteiger partial charge in [0, 0.05) is 18.8 Å². The molecule has 0 saturated carbocycles. The van der Waals surface area contributed by atoms with Crippen molar-refractivity contribution in [2.24, 2.45) is 5.92 Å². The van der Waals surface area contributed by atoms with Gasteiger partial charge >= 0.3 is 0 Å². The van der Waals surface area contributed by atoms with Gasteiger partial charge in [0.2, 0.25) is 0 Å². The maximum Gasteiger partial charge on any atom is 0.255 e. The highest BCUT2D eigenvalue weighted by Gasteiger charge is 2.22. The van der Waals surface area contributed by atoms with E-state index in [0.29, 0.717) is 17.2 Å². The molecule has 0 radical (unpaired) electrons. The van der Waals surface area contributed by atoms with Gasteiger partial charge in [-0.05, 0) is 30.9 Å². The fraction of sp³-hybridized carbons (Fsp3) is 0.462. The molecule has 4 heteroatoms. The first-order valence-electron chi connectivity index (χ1n) is 5.82. The van der Waals surface area contributed by atoms with Gasteiger partial charge in [-0.1, -0.05) is 19.1 Å². The average Bonchev–Trinajstić information content (AvgIpc) is 2.29. The lowest BCUT2D eigenvalue weighted by atomic mass is 9.99. The molecule has 0 bridgehead atoms. The van der Waals surface area contributed by atoms with E-state index < -0.39 is 0 Å². The lowest BCUT2D eigenvalue weighted by molar-refractivity contribution is 0.0684. The van der Waals surface area contributed by atoms with E-state index in [-0.39, 0.29) is 18.3 Å². The Morgan fingerprint density at radius 2 is 2.12 bits per heavy atom. The number of anilines is 1. The van der Waals surface area contributed by atoms with Crippen molar-refractivity contribution in [1.29, 1.82) is 0 Å². The molecular weight excluding hydrogens is 236 g/mol. The largest absolute Gasteiger partial charge is 0.398 e. The Balaban J connectivity index is 0.00000144. The Hall–Kier alpha value is -1.22. The van der Waals surface area contributed by atoms with Crippen molar-refractivity contribution < 1.29 is 4.79 Å². The first-order chi connectivity index (χ1) is 7.68. The summed E-state index contributed by atoms with van der Waals surface area (Å²) in [7, 11) is 0. The molecule has 1 saturated heterocycles. The molecule has 0 aromatic heterocycles. The molecule has 0 spiro atoms. The highest BCUT2D eigenvalue weighted by Crippen LogP contribution is 2.20. The normalized spacial score (nSPS) is 19.6. The van der Waals surface area contributed by atoms with Crippen LogP contribution in [0.1, 0.15) is 30.1 Å². The monoisotopic (exact) mass is 254 g/mol. The molecule has 1 amide bonds. The van der Waals surface area contributed by atoms with Gasteiger partial charge in [0.25, 0.3) is 5.91 Å². The van der Waals surface area contributed by atoms with E-state index in [9.17, 15) is 4.79 Å². The van der Waals surface area contributed by atoms with E-state index in [4.69, 9.17) is 5.73 Å². The molecule has 94 valence electrons. The minimum atomic E-state index is 0. The smallest absolute Gasteiger partial charge is 0.255 e. The lowest BCUT2D eigenvalue weighted by Crippen LogP contribution is -2.39. The zero-order chi connectivity index (χ0) is 11.5. The second kappa shape index (κ2) is 5.92. The molecule has 1 aliphatic rings. The molecule has 17 heavy (non-hydrogen) atoms. The van der Waals surface area contributed by atoms with Crippen molar-refractivity contribution in [3.8, 4) is 0 Å². The van der Waals surface area contributed by atoms with E-state index >= 15 is 0 Å². The van der Waals surface area contributed by atoms with Gasteiger partial charge in [0.05, 0.1) is 5.56 Å². The third-order valence-corrected chi connectivity index (χ3v) is 3.14. The van der Waals surface area contributed by atoms with Crippen molar-refractivity contribution in [1.82, 2.24) is 4.90 Å². The minimum absolute atomic E-state index is 0. The summed E-state index contributed by atoms with van der Waals surface area (Å²) in [5.41, 5.74) is 7.03. The van der Waals surface area contributed by atoms with Crippen LogP contribution in [0.3, 0.4) is 0 Å². The second-order valence-electron chi connectivity index (χ2n) is 4.59. The highest BCUT2D eigenvalue weighted by atomic mass is 35.5. The number of nitrogen functional groups attached to an aromatic ring is 1. The lowest BCUT2D eigenvalue weighted by Gasteiger charge is -2.31. The average molecular weight is 255 g/mol. The Morgan fingerprint density at radius 1 is 1.41 bits per heavy atom. The van der Waals surface area contributed by atoms with Crippen molar-refractivity contribution in [2.75, 3.05) is 18.8 Å². The summed E-state index contributed by atoms with van der Waals surface area (Å²) in [4.78, 5) is 14.1. The first-order valence-corrected chi connectivity index (χ1v) is 5.82. The standard InChI is InChI=1S/C13H18N2O.ClH/c1-10-5-4-8-15(9-10)13(16)11-6-2-3-7-12(11)14;/h2-3,6-7,10H,4-5,8-9,14H2,1H3;1H. The van der Waals surface area contributed by atoms with Crippen molar-refractivity contribution in [2.45, 2.75) is 19.8 Å². The fourth-order valence-electron chi connectivity index (χ4n) is 2.24. The van der Waals surface area contributed by atoms with Gasteiger partial charge < -0.3 is 10.6 Å². The van der Waals surface area contributed by atoms with Crippen molar-refractivity contribution in [3.05, 3.63) is 29.8 Å². The molecular formula is C13H19ClN2O. The van der Waals surface area contributed by atoms with Gasteiger partial charge in [-0.25, -0.2) is 0 Å². The van der Waals surface area contributed by atoms with E-state index in [1.165, 1.54) is 6.42 Å². The van der Waals surface area contributed by atoms with Gasteiger partial charge in [-0.3, -0.25) is 4.79 Å². The van der Waals surface area contributed by atoms with E-state index in [1.54, 1.807) is 12.1 Å². The summed E-state index contributed by atoms with van der Waals surface area (Å²) >= 11 is 0. The Morgan fingerprint density at radius 3 is 2.76 bits per heavy atom. The number of hydrogen-bond acceptors (Lipinski definition) is 2. The topological polar surface area (TPSA) is 46.3 Å². The molecule has 1 aliphatic heterocycles. The number of benzene rings is 1. The number of nitrogens with two attached hydrogens (primary N) is 1. The number of para-hydroxylation sites is 1. The first kappa shape index (κ1) is 13.8. The van der Waals surface area contributed by atoms with E-state index in [2.05, 4.69) is 6.92 Å². The van der Waals surface area contributed by atoms with E-state index in [1.807, 2.05) is 17.0 Å². The molecule has 1 aromatic carbocycles. The van der Waals surface area contributed by atoms with Gasteiger partial charge in [0.1, 0.15) is 0 Å². The predicted molar refractivity (Wildman–Crippen MR) is 72.4 cm³/mol. The van der Waals surface area contributed by atoms with Crippen LogP contribution in [0.2, 0.25) is 0 Å². The summed E-state index contributed by atoms with van der Waals surface area (Å²) in [6.45, 7) is 3.90. The third-order valence-electron chi connectivity index (χ3n) is 3.14. The number of carbonyl (C=O) groups excluding carboxylic acids is 1. The van der Waals surface area contributed by atoms with Gasteiger partial charge in [-0.2, -0.15) is 0 Å². The second-order valence-corrected chi connectivity index (χ2v) is 4.59. The third kappa shape index (κ3) is 3.13. The quantitative estimate of drug-likeness (QED) is 0.783. The van der Waals surface area contributed by atoms with Crippen LogP contribution in [0.4, 0.5) is 5.69 Å². The highest BCUT2D eigenvalue weighted by molar-refractivity contribution is 5.99. The number of likely N-dealkylation sites (tertiary alicyclic amines) is 1. The van der Waals surface area contributed by atoms with Crippen LogP contribution in [0.25, 0.3) is 0 Å². The van der Waals surface area contributed by atoms with Crippen molar-refractivity contribution in [3.63, 3.8) is 0 Å². The number of carbonyl (C=O) groups is 1. The van der Waals surface area contributed by atoms with Crippen LogP contribution in [-0.4, -0.2) is 23.9 Å². The van der Waals surface area contributed by atoms with Crippen molar-refractivity contribution >= 4 is 24.0 Å². The molecule has 1 heterocycles. The Bertz CT molecular complexity index is 395. The number of amides is 1. The molecule has 1 unspecified atom stereocenters. The number of rotatable bonds is 1. The zero-order valence-corrected chi connectivity index (χ0v) is 10.9. The van der Waals surface area contributed by atoms with Gasteiger partial charge in [-0.15, -0.1) is 12.4 Å². The summed E-state index contributed by atoms with van der Waals surface area (Å²) in [5.74, 6) is 0.673. The molecule has 1 atom stereocenters. The molecule has 0 aliphatic carbocycles. The maximum atomic E-state index is 12.2. The molecule has 1 aromatic rings. The van der Waals surface area contributed by atoms with Crippen LogP contribution in [0.5, 0.6) is 0 Å². The summed E-state index contributed by atoms with van der Waals surface area (Å²) in [5, 5.41) is 0. The Labute approximate surface area is 108 Å². The number of piperidine rings is 1. The SMILES string of the molecule is CC1CCCN(C(=O)c2ccccc2N)C1.Cl. The summed E-state index contributed by atoms with van der Waals surface area (Å²) in [6.07, 6.45) is 2.31. The maximum absolute atomic E-state index is 12.2. The van der Waals surface area contributed by atoms with Crippen LogP contribution in [0.15, 0.2) is 24.3 Å². The molecule has 2 N–H and O–H groups in total. The summed E-state index contributed by atoms with van der Waals surface area (Å²) in [6, 6.07) is 7.29. The van der Waals surface area contributed by atoms with E-state index in [0.717, 1.165) is 19.5 Å². The summed E-state index contributed by atoms with van der Waals surface area (Å²) < 4.78 is 0. The van der Waals surface area contributed by atoms with Crippen LogP contribution >= 0.6 is 12.4 Å². The van der Waals surface area contributed by atoms with Crippen LogP contribution in [0, 0.1) is 5.92 Å². The Kier molecular flexibility index (Phi) is 4.82. The molecule has 2 rings (SSSR count). The van der Waals surface area contributed by atoms with Gasteiger partial charge in [0.15, 0.2) is 0 Å². The van der Waals surface area contributed by atoms with Crippen LogP contribution in [-0.2, 0) is 0 Å². The van der Waals surface area contributed by atoms with Crippen LogP contribution < -0.4 is 5.73 Å². The number of hydrogen-bond donors (Lipinski definition) is 1. The zero-order valence-electron chi connectivity index (χ0n) is 10.1. The number of halogens is 1. The fourth-order valence-corrected chi connectivity index (χ4v) is 2.24. The predicted octanol–water partition coefficient (Wildman–Crippen LogP) is 2.56.